The largest absolute Gasteiger partial charge is 0.465 e. The van der Waals surface area contributed by atoms with Crippen LogP contribution in [0.4, 0.5) is 0 Å². The van der Waals surface area contributed by atoms with Crippen LogP contribution >= 0.6 is 11.8 Å². The normalized spacial score (nSPS) is 12.1. The van der Waals surface area contributed by atoms with Gasteiger partial charge in [0.2, 0.25) is 0 Å². The first-order valence-corrected chi connectivity index (χ1v) is 6.43. The molecule has 3 nitrogen and oxygen atoms in total. The van der Waals surface area contributed by atoms with Crippen LogP contribution in [0.25, 0.3) is 0 Å². The average Bonchev–Trinajstić information content (AvgIpc) is 2.30. The van der Waals surface area contributed by atoms with Gasteiger partial charge < -0.3 is 10.5 Å². The summed E-state index contributed by atoms with van der Waals surface area (Å²) in [5, 5.41) is 0. The molecule has 4 heteroatoms. The lowest BCUT2D eigenvalue weighted by Crippen LogP contribution is -2.34. The second-order valence-electron chi connectivity index (χ2n) is 3.36. The summed E-state index contributed by atoms with van der Waals surface area (Å²) < 4.78 is 4.83. The van der Waals surface area contributed by atoms with E-state index in [2.05, 4.69) is 12.1 Å². The average molecular weight is 239 g/mol. The van der Waals surface area contributed by atoms with E-state index in [-0.39, 0.29) is 5.97 Å². The molecule has 16 heavy (non-hydrogen) atoms. The van der Waals surface area contributed by atoms with E-state index in [1.807, 2.05) is 18.2 Å². The van der Waals surface area contributed by atoms with E-state index in [1.54, 1.807) is 18.7 Å². The van der Waals surface area contributed by atoms with Crippen LogP contribution < -0.4 is 5.73 Å². The van der Waals surface area contributed by atoms with Gasteiger partial charge in [-0.3, -0.25) is 4.79 Å². The highest BCUT2D eigenvalue weighted by Crippen LogP contribution is 2.12. The first-order valence-electron chi connectivity index (χ1n) is 5.28. The van der Waals surface area contributed by atoms with Crippen molar-refractivity contribution in [3.05, 3.63) is 35.9 Å². The third-order valence-corrected chi connectivity index (χ3v) is 3.13. The Morgan fingerprint density at radius 1 is 1.44 bits per heavy atom. The Morgan fingerprint density at radius 3 is 2.75 bits per heavy atom. The Bertz CT molecular complexity index is 316. The zero-order valence-electron chi connectivity index (χ0n) is 9.39. The molecule has 0 radical (unpaired) electrons. The lowest BCUT2D eigenvalue weighted by molar-refractivity contribution is -0.144. The van der Waals surface area contributed by atoms with Gasteiger partial charge in [-0.05, 0) is 12.5 Å². The molecular formula is C12H17NO2S. The summed E-state index contributed by atoms with van der Waals surface area (Å²) in [7, 11) is 0. The minimum Gasteiger partial charge on any atom is -0.465 e. The number of hydrogen-bond acceptors (Lipinski definition) is 4. The van der Waals surface area contributed by atoms with Gasteiger partial charge in [-0.25, -0.2) is 0 Å². The summed E-state index contributed by atoms with van der Waals surface area (Å²) in [6, 6.07) is 9.58. The predicted molar refractivity (Wildman–Crippen MR) is 67.2 cm³/mol. The molecule has 0 saturated carbocycles. The lowest BCUT2D eigenvalue weighted by atomic mass is 10.2. The van der Waals surface area contributed by atoms with E-state index >= 15 is 0 Å². The summed E-state index contributed by atoms with van der Waals surface area (Å²) in [4.78, 5) is 11.2. The predicted octanol–water partition coefficient (Wildman–Crippen LogP) is 1.81. The number of esters is 1. The number of benzene rings is 1. The van der Waals surface area contributed by atoms with Gasteiger partial charge in [0.15, 0.2) is 0 Å². The number of hydrogen-bond donors (Lipinski definition) is 1. The maximum atomic E-state index is 11.2. The fraction of sp³-hybridized carbons (Fsp3) is 0.417. The van der Waals surface area contributed by atoms with Crippen LogP contribution in [-0.2, 0) is 15.3 Å². The van der Waals surface area contributed by atoms with Gasteiger partial charge in [-0.2, -0.15) is 11.8 Å². The van der Waals surface area contributed by atoms with Crippen LogP contribution in [0.3, 0.4) is 0 Å². The van der Waals surface area contributed by atoms with Gasteiger partial charge in [0.1, 0.15) is 6.04 Å². The fourth-order valence-corrected chi connectivity index (χ4v) is 2.13. The molecular weight excluding hydrogens is 222 g/mol. The SMILES string of the molecule is CCOC(=O)[C@H](N)CSCc1ccccc1. The van der Waals surface area contributed by atoms with Gasteiger partial charge in [-0.15, -0.1) is 0 Å². The highest BCUT2D eigenvalue weighted by Gasteiger charge is 2.13. The molecule has 0 aliphatic rings. The number of thioether (sulfide) groups is 1. The van der Waals surface area contributed by atoms with Crippen molar-refractivity contribution in [1.82, 2.24) is 0 Å². The van der Waals surface area contributed by atoms with Crippen LogP contribution in [0.15, 0.2) is 30.3 Å². The van der Waals surface area contributed by atoms with Gasteiger partial charge >= 0.3 is 5.97 Å². The Morgan fingerprint density at radius 2 is 2.12 bits per heavy atom. The Labute approximate surface area is 100 Å². The molecule has 1 aromatic carbocycles. The maximum absolute atomic E-state index is 11.2. The molecule has 0 spiro atoms. The Kier molecular flexibility index (Phi) is 5.96. The number of ether oxygens (including phenoxy) is 1. The molecule has 0 fully saturated rings. The lowest BCUT2D eigenvalue weighted by Gasteiger charge is -2.09. The highest BCUT2D eigenvalue weighted by molar-refractivity contribution is 7.98. The zero-order valence-corrected chi connectivity index (χ0v) is 10.2. The molecule has 1 rings (SSSR count). The standard InChI is InChI=1S/C12H17NO2S/c1-2-15-12(14)11(13)9-16-8-10-6-4-3-5-7-10/h3-7,11H,2,8-9,13H2,1H3/t11-/m1/s1. The summed E-state index contributed by atoms with van der Waals surface area (Å²) in [6.45, 7) is 2.16. The molecule has 2 N–H and O–H groups in total. The van der Waals surface area contributed by atoms with Crippen LogP contribution in [0, 0.1) is 0 Å². The van der Waals surface area contributed by atoms with E-state index < -0.39 is 6.04 Å². The first kappa shape index (κ1) is 13.1. The quantitative estimate of drug-likeness (QED) is 0.769. The van der Waals surface area contributed by atoms with Crippen molar-refractivity contribution >= 4 is 17.7 Å². The van der Waals surface area contributed by atoms with Crippen molar-refractivity contribution in [1.29, 1.82) is 0 Å². The van der Waals surface area contributed by atoms with Crippen LogP contribution in [0.5, 0.6) is 0 Å². The van der Waals surface area contributed by atoms with Crippen molar-refractivity contribution in [3.8, 4) is 0 Å². The van der Waals surface area contributed by atoms with Gasteiger partial charge in [0, 0.05) is 11.5 Å². The molecule has 0 aliphatic carbocycles. The number of nitrogens with two attached hydrogens (primary N) is 1. The zero-order chi connectivity index (χ0) is 11.8. The molecule has 1 atom stereocenters. The third kappa shape index (κ3) is 4.68. The molecule has 1 aromatic rings. The molecule has 0 heterocycles. The van der Waals surface area contributed by atoms with E-state index in [0.29, 0.717) is 12.4 Å². The molecule has 0 unspecified atom stereocenters. The second-order valence-corrected chi connectivity index (χ2v) is 4.39. The Hall–Kier alpha value is -1.00. The molecule has 0 amide bonds. The van der Waals surface area contributed by atoms with Crippen LogP contribution in [0.1, 0.15) is 12.5 Å². The number of carbonyl (C=O) groups is 1. The molecule has 88 valence electrons. The number of rotatable bonds is 6. The summed E-state index contributed by atoms with van der Waals surface area (Å²) in [5.74, 6) is 1.14. The van der Waals surface area contributed by atoms with Crippen molar-refractivity contribution < 1.29 is 9.53 Å². The van der Waals surface area contributed by atoms with E-state index in [4.69, 9.17) is 10.5 Å². The molecule has 0 saturated heterocycles. The molecule has 0 aromatic heterocycles. The monoisotopic (exact) mass is 239 g/mol. The highest BCUT2D eigenvalue weighted by atomic mass is 32.2. The second kappa shape index (κ2) is 7.30. The minimum absolute atomic E-state index is 0.317. The molecule has 0 bridgehead atoms. The van der Waals surface area contributed by atoms with Crippen molar-refractivity contribution in [3.63, 3.8) is 0 Å². The smallest absolute Gasteiger partial charge is 0.323 e. The minimum atomic E-state index is -0.520. The fourth-order valence-electron chi connectivity index (χ4n) is 1.20. The first-order chi connectivity index (χ1) is 7.74. The summed E-state index contributed by atoms with van der Waals surface area (Å²) in [5.41, 5.74) is 6.91. The van der Waals surface area contributed by atoms with Gasteiger partial charge in [0.25, 0.3) is 0 Å². The Balaban J connectivity index is 2.23. The van der Waals surface area contributed by atoms with E-state index in [1.165, 1.54) is 5.56 Å². The molecule has 0 aliphatic heterocycles. The van der Waals surface area contributed by atoms with Crippen molar-refractivity contribution in [2.24, 2.45) is 5.73 Å². The van der Waals surface area contributed by atoms with E-state index in [0.717, 1.165) is 5.75 Å². The van der Waals surface area contributed by atoms with Crippen LogP contribution in [-0.4, -0.2) is 24.4 Å². The topological polar surface area (TPSA) is 52.3 Å². The third-order valence-electron chi connectivity index (χ3n) is 2.00. The van der Waals surface area contributed by atoms with Crippen molar-refractivity contribution in [2.45, 2.75) is 18.7 Å². The van der Waals surface area contributed by atoms with Gasteiger partial charge in [0.05, 0.1) is 6.61 Å². The van der Waals surface area contributed by atoms with Crippen molar-refractivity contribution in [2.75, 3.05) is 12.4 Å². The maximum Gasteiger partial charge on any atom is 0.323 e. The van der Waals surface area contributed by atoms with E-state index in [9.17, 15) is 4.79 Å². The number of carbonyl (C=O) groups excluding carboxylic acids is 1. The van der Waals surface area contributed by atoms with Gasteiger partial charge in [-0.1, -0.05) is 30.3 Å². The summed E-state index contributed by atoms with van der Waals surface area (Å²) >= 11 is 1.64. The van der Waals surface area contributed by atoms with Crippen LogP contribution in [0.2, 0.25) is 0 Å². The summed E-state index contributed by atoms with van der Waals surface area (Å²) in [6.07, 6.45) is 0.